The van der Waals surface area contributed by atoms with Crippen LogP contribution < -0.4 is 0 Å². The van der Waals surface area contributed by atoms with Gasteiger partial charge < -0.3 is 0 Å². The Balaban J connectivity index is 2.43. The molecule has 4 nitrogen and oxygen atoms in total. The molecule has 1 heterocycles. The molecule has 7 heteroatoms. The van der Waals surface area contributed by atoms with Crippen molar-refractivity contribution in [2.45, 2.75) is 25.3 Å². The summed E-state index contributed by atoms with van der Waals surface area (Å²) in [5.74, 6) is -0.343. The van der Waals surface area contributed by atoms with Crippen molar-refractivity contribution in [2.75, 3.05) is 0 Å². The van der Waals surface area contributed by atoms with Gasteiger partial charge in [-0.05, 0) is 31.5 Å². The van der Waals surface area contributed by atoms with Crippen molar-refractivity contribution in [1.29, 1.82) is 0 Å². The Labute approximate surface area is 115 Å². The van der Waals surface area contributed by atoms with Crippen LogP contribution >= 0.6 is 10.7 Å². The van der Waals surface area contributed by atoms with Gasteiger partial charge in [-0.1, -0.05) is 12.1 Å². The first-order valence-corrected chi connectivity index (χ1v) is 7.83. The summed E-state index contributed by atoms with van der Waals surface area (Å²) in [4.78, 5) is 0.0190. The lowest BCUT2D eigenvalue weighted by Gasteiger charge is -2.05. The molecule has 0 atom stereocenters. The Morgan fingerprint density at radius 1 is 1.37 bits per heavy atom. The number of nitrogens with zero attached hydrogens (tertiary/aromatic N) is 2. The van der Waals surface area contributed by atoms with Crippen LogP contribution in [0.3, 0.4) is 0 Å². The van der Waals surface area contributed by atoms with Crippen molar-refractivity contribution in [3.05, 3.63) is 47.0 Å². The van der Waals surface area contributed by atoms with Gasteiger partial charge in [-0.3, -0.25) is 4.68 Å². The largest absolute Gasteiger partial charge is 0.264 e. The van der Waals surface area contributed by atoms with Crippen molar-refractivity contribution >= 4 is 19.7 Å². The molecule has 0 aliphatic heterocycles. The van der Waals surface area contributed by atoms with E-state index in [4.69, 9.17) is 10.7 Å². The van der Waals surface area contributed by atoms with E-state index in [1.54, 1.807) is 26.0 Å². The molecule has 0 N–H and O–H groups in total. The standard InChI is InChI=1S/C12H12ClFN2O2S/c1-8-12(19(13,17)18)9(2)16(15-8)7-10-4-3-5-11(14)6-10/h3-6H,7H2,1-2H3. The summed E-state index contributed by atoms with van der Waals surface area (Å²) in [7, 11) is 1.54. The molecule has 0 saturated heterocycles. The van der Waals surface area contributed by atoms with E-state index in [-0.39, 0.29) is 17.3 Å². The molecule has 2 aromatic rings. The van der Waals surface area contributed by atoms with E-state index in [1.807, 2.05) is 0 Å². The minimum absolute atomic E-state index is 0.0190. The average molecular weight is 303 g/mol. The van der Waals surface area contributed by atoms with Gasteiger partial charge in [0, 0.05) is 10.7 Å². The molecule has 0 spiro atoms. The fraction of sp³-hybridized carbons (Fsp3) is 0.250. The van der Waals surface area contributed by atoms with E-state index in [0.717, 1.165) is 0 Å². The quantitative estimate of drug-likeness (QED) is 0.819. The summed E-state index contributed by atoms with van der Waals surface area (Å²) in [5.41, 5.74) is 1.48. The maximum Gasteiger partial charge on any atom is 0.264 e. The van der Waals surface area contributed by atoms with E-state index in [2.05, 4.69) is 5.10 Å². The van der Waals surface area contributed by atoms with Crippen LogP contribution in [0.5, 0.6) is 0 Å². The van der Waals surface area contributed by atoms with Crippen molar-refractivity contribution in [3.63, 3.8) is 0 Å². The minimum Gasteiger partial charge on any atom is -0.264 e. The van der Waals surface area contributed by atoms with E-state index < -0.39 is 9.05 Å². The van der Waals surface area contributed by atoms with Crippen LogP contribution in [0.1, 0.15) is 17.0 Å². The van der Waals surface area contributed by atoms with Crippen molar-refractivity contribution in [3.8, 4) is 0 Å². The SMILES string of the molecule is Cc1nn(Cc2cccc(F)c2)c(C)c1S(=O)(=O)Cl. The van der Waals surface area contributed by atoms with Crippen LogP contribution in [0.15, 0.2) is 29.2 Å². The Bertz CT molecular complexity index is 725. The molecule has 0 fully saturated rings. The molecular weight excluding hydrogens is 291 g/mol. The topological polar surface area (TPSA) is 52.0 Å². The molecule has 0 unspecified atom stereocenters. The summed E-state index contributed by atoms with van der Waals surface area (Å²) in [6.07, 6.45) is 0. The number of aromatic nitrogens is 2. The molecule has 19 heavy (non-hydrogen) atoms. The molecule has 0 radical (unpaired) electrons. The van der Waals surface area contributed by atoms with Gasteiger partial charge >= 0.3 is 0 Å². The van der Waals surface area contributed by atoms with Crippen LogP contribution in [0.25, 0.3) is 0 Å². The predicted octanol–water partition coefficient (Wildman–Crippen LogP) is 2.61. The lowest BCUT2D eigenvalue weighted by molar-refractivity contribution is 0.606. The predicted molar refractivity (Wildman–Crippen MR) is 70.2 cm³/mol. The number of benzene rings is 1. The summed E-state index contributed by atoms with van der Waals surface area (Å²) in [5, 5.41) is 4.13. The zero-order valence-electron chi connectivity index (χ0n) is 10.4. The molecule has 0 saturated carbocycles. The van der Waals surface area contributed by atoms with Crippen molar-refractivity contribution in [2.24, 2.45) is 0 Å². The minimum atomic E-state index is -3.83. The van der Waals surface area contributed by atoms with Gasteiger partial charge in [0.05, 0.1) is 17.9 Å². The third-order valence-corrected chi connectivity index (χ3v) is 4.32. The second-order valence-electron chi connectivity index (χ2n) is 4.23. The van der Waals surface area contributed by atoms with E-state index in [9.17, 15) is 12.8 Å². The van der Waals surface area contributed by atoms with Crippen LogP contribution in [-0.4, -0.2) is 18.2 Å². The Morgan fingerprint density at radius 3 is 2.58 bits per heavy atom. The molecule has 0 bridgehead atoms. The molecule has 0 aliphatic rings. The number of aryl methyl sites for hydroxylation is 1. The lowest BCUT2D eigenvalue weighted by atomic mass is 10.2. The highest BCUT2D eigenvalue weighted by Crippen LogP contribution is 2.23. The highest BCUT2D eigenvalue weighted by Gasteiger charge is 2.22. The zero-order chi connectivity index (χ0) is 14.2. The Kier molecular flexibility index (Phi) is 3.64. The maximum atomic E-state index is 13.1. The molecular formula is C12H12ClFN2O2S. The van der Waals surface area contributed by atoms with Crippen LogP contribution in [-0.2, 0) is 15.6 Å². The average Bonchev–Trinajstić information content (AvgIpc) is 2.53. The first-order valence-electron chi connectivity index (χ1n) is 5.52. The highest BCUT2D eigenvalue weighted by atomic mass is 35.7. The second kappa shape index (κ2) is 4.94. The lowest BCUT2D eigenvalue weighted by Crippen LogP contribution is -2.05. The highest BCUT2D eigenvalue weighted by molar-refractivity contribution is 8.13. The summed E-state index contributed by atoms with van der Waals surface area (Å²) >= 11 is 0. The van der Waals surface area contributed by atoms with Gasteiger partial charge in [0.25, 0.3) is 9.05 Å². The van der Waals surface area contributed by atoms with Gasteiger partial charge in [0.15, 0.2) is 0 Å². The maximum absolute atomic E-state index is 13.1. The van der Waals surface area contributed by atoms with Gasteiger partial charge in [-0.25, -0.2) is 12.8 Å². The molecule has 2 rings (SSSR count). The monoisotopic (exact) mass is 302 g/mol. The number of hydrogen-bond acceptors (Lipinski definition) is 3. The number of halogens is 2. The molecule has 1 aromatic heterocycles. The van der Waals surface area contributed by atoms with Crippen LogP contribution in [0.4, 0.5) is 4.39 Å². The van der Waals surface area contributed by atoms with Gasteiger partial charge in [0.2, 0.25) is 0 Å². The van der Waals surface area contributed by atoms with Crippen molar-refractivity contribution < 1.29 is 12.8 Å². The fourth-order valence-corrected chi connectivity index (χ4v) is 3.52. The third-order valence-electron chi connectivity index (χ3n) is 2.78. The van der Waals surface area contributed by atoms with E-state index >= 15 is 0 Å². The first-order chi connectivity index (χ1) is 8.79. The molecule has 102 valence electrons. The molecule has 0 amide bonds. The zero-order valence-corrected chi connectivity index (χ0v) is 12.0. The van der Waals surface area contributed by atoms with Gasteiger partial charge in [-0.15, -0.1) is 0 Å². The normalized spacial score (nSPS) is 11.8. The van der Waals surface area contributed by atoms with Crippen LogP contribution in [0, 0.1) is 19.7 Å². The summed E-state index contributed by atoms with van der Waals surface area (Å²) < 4.78 is 37.5. The Hall–Kier alpha value is -1.40. The number of hydrogen-bond donors (Lipinski definition) is 0. The van der Waals surface area contributed by atoms with Gasteiger partial charge in [-0.2, -0.15) is 5.10 Å². The molecule has 1 aromatic carbocycles. The summed E-state index contributed by atoms with van der Waals surface area (Å²) in [6.45, 7) is 3.48. The first kappa shape index (κ1) is 14.0. The summed E-state index contributed by atoms with van der Waals surface area (Å²) in [6, 6.07) is 6.06. The van der Waals surface area contributed by atoms with E-state index in [1.165, 1.54) is 16.8 Å². The Morgan fingerprint density at radius 2 is 2.05 bits per heavy atom. The third kappa shape index (κ3) is 2.96. The van der Waals surface area contributed by atoms with Crippen molar-refractivity contribution in [1.82, 2.24) is 9.78 Å². The smallest absolute Gasteiger partial charge is 0.264 e. The second-order valence-corrected chi connectivity index (χ2v) is 6.73. The fourth-order valence-electron chi connectivity index (χ4n) is 2.00. The van der Waals surface area contributed by atoms with Crippen LogP contribution in [0.2, 0.25) is 0 Å². The van der Waals surface area contributed by atoms with Gasteiger partial charge in [0.1, 0.15) is 10.7 Å². The molecule has 0 aliphatic carbocycles. The number of rotatable bonds is 3. The van der Waals surface area contributed by atoms with E-state index in [0.29, 0.717) is 17.0 Å².